The number of guanidine groups is 1. The number of carbonyl (C=O) groups excluding carboxylic acids is 10. The lowest BCUT2D eigenvalue weighted by Gasteiger charge is -2.36. The molecular formula is C63H109N15O10. The van der Waals surface area contributed by atoms with Gasteiger partial charge in [-0.1, -0.05) is 125 Å². The van der Waals surface area contributed by atoms with E-state index in [-0.39, 0.29) is 100 Å². The molecule has 3 rings (SSSR count). The summed E-state index contributed by atoms with van der Waals surface area (Å²) < 4.78 is 0. The summed E-state index contributed by atoms with van der Waals surface area (Å²) in [6.07, 6.45) is 7.93. The van der Waals surface area contributed by atoms with E-state index in [9.17, 15) is 47.9 Å². The predicted molar refractivity (Wildman–Crippen MR) is 340 cm³/mol. The highest BCUT2D eigenvalue weighted by Crippen LogP contribution is 2.25. The van der Waals surface area contributed by atoms with Crippen LogP contribution in [0.2, 0.25) is 0 Å². The van der Waals surface area contributed by atoms with Crippen LogP contribution >= 0.6 is 0 Å². The molecule has 2 heterocycles. The summed E-state index contributed by atoms with van der Waals surface area (Å²) in [7, 11) is 4.91. The minimum Gasteiger partial charge on any atom is -0.370 e. The zero-order valence-electron chi connectivity index (χ0n) is 54.7. The minimum atomic E-state index is -1.22. The number of piperidine rings is 1. The Bertz CT molecular complexity index is 2480. The van der Waals surface area contributed by atoms with Gasteiger partial charge in [-0.3, -0.25) is 52.9 Å². The Morgan fingerprint density at radius 1 is 0.670 bits per heavy atom. The van der Waals surface area contributed by atoms with Crippen molar-refractivity contribution in [2.45, 2.75) is 213 Å². The van der Waals surface area contributed by atoms with Crippen LogP contribution in [0, 0.1) is 29.6 Å². The molecule has 496 valence electrons. The van der Waals surface area contributed by atoms with Crippen LogP contribution < -0.4 is 54.8 Å². The van der Waals surface area contributed by atoms with Crippen LogP contribution in [0.5, 0.6) is 0 Å². The maximum atomic E-state index is 15.0. The number of nitrogens with zero attached hydrogens (tertiary/aromatic N) is 5. The number of nitrogens with one attached hydrogen (secondary N) is 6. The number of rotatable bonds is 37. The Balaban J connectivity index is 1.89. The van der Waals surface area contributed by atoms with Crippen molar-refractivity contribution in [2.75, 3.05) is 53.9 Å². The van der Waals surface area contributed by atoms with E-state index in [1.165, 1.54) is 16.8 Å². The molecule has 2 fully saturated rings. The monoisotopic (exact) mass is 1240 g/mol. The Morgan fingerprint density at radius 2 is 1.27 bits per heavy atom. The zero-order valence-corrected chi connectivity index (χ0v) is 54.7. The summed E-state index contributed by atoms with van der Waals surface area (Å²) in [5.74, 6) is -7.48. The quantitative estimate of drug-likeness (QED) is 0.0256. The molecule has 2 aliphatic rings. The fourth-order valence-corrected chi connectivity index (χ4v) is 11.2. The van der Waals surface area contributed by atoms with E-state index in [0.29, 0.717) is 32.2 Å². The Hall–Kier alpha value is -6.89. The van der Waals surface area contributed by atoms with Crippen LogP contribution in [-0.4, -0.2) is 193 Å². The second kappa shape index (κ2) is 37.8. The molecule has 14 N–H and O–H groups in total. The molecule has 0 aromatic heterocycles. The number of aliphatic imine (C=N–C) groups is 1. The summed E-state index contributed by atoms with van der Waals surface area (Å²) >= 11 is 0. The van der Waals surface area contributed by atoms with Crippen LogP contribution in [0.4, 0.5) is 0 Å². The predicted octanol–water partition coefficient (Wildman–Crippen LogP) is 1.39. The van der Waals surface area contributed by atoms with Crippen molar-refractivity contribution in [2.24, 2.45) is 57.5 Å². The van der Waals surface area contributed by atoms with Crippen LogP contribution in [-0.2, 0) is 54.4 Å². The van der Waals surface area contributed by atoms with Gasteiger partial charge in [0.2, 0.25) is 59.1 Å². The molecule has 0 saturated carbocycles. The van der Waals surface area contributed by atoms with Crippen molar-refractivity contribution >= 4 is 65.0 Å². The van der Waals surface area contributed by atoms with Crippen molar-refractivity contribution in [3.05, 3.63) is 35.9 Å². The first-order valence-electron chi connectivity index (χ1n) is 32.0. The van der Waals surface area contributed by atoms with Gasteiger partial charge in [0, 0.05) is 58.7 Å². The summed E-state index contributed by atoms with van der Waals surface area (Å²) in [5.41, 5.74) is 24.0. The zero-order chi connectivity index (χ0) is 65.9. The number of primary amides is 1. The van der Waals surface area contributed by atoms with Gasteiger partial charge in [-0.05, 0) is 94.7 Å². The third-order valence-electron chi connectivity index (χ3n) is 16.4. The maximum Gasteiger partial charge on any atom is 0.245 e. The fraction of sp³-hybridized carbons (Fsp3) is 0.730. The normalized spacial score (nSPS) is 18.7. The third-order valence-corrected chi connectivity index (χ3v) is 16.4. The highest BCUT2D eigenvalue weighted by atomic mass is 16.2. The van der Waals surface area contributed by atoms with Crippen molar-refractivity contribution in [3.63, 3.8) is 0 Å². The van der Waals surface area contributed by atoms with Crippen LogP contribution in [0.1, 0.15) is 158 Å². The van der Waals surface area contributed by atoms with Gasteiger partial charge in [0.15, 0.2) is 5.96 Å². The Morgan fingerprint density at radius 3 is 1.86 bits per heavy atom. The van der Waals surface area contributed by atoms with Gasteiger partial charge >= 0.3 is 0 Å². The fourth-order valence-electron chi connectivity index (χ4n) is 11.2. The van der Waals surface area contributed by atoms with Gasteiger partial charge in [-0.25, -0.2) is 0 Å². The molecule has 1 aromatic rings. The van der Waals surface area contributed by atoms with E-state index in [4.69, 9.17) is 22.9 Å². The lowest BCUT2D eigenvalue weighted by atomic mass is 9.95. The lowest BCUT2D eigenvalue weighted by Crippen LogP contribution is -2.62. The molecule has 0 unspecified atom stereocenters. The maximum absolute atomic E-state index is 15.0. The molecule has 2 aliphatic heterocycles. The summed E-state index contributed by atoms with van der Waals surface area (Å²) in [6, 6.07) is -0.763. The minimum absolute atomic E-state index is 0.00973. The topological polar surface area (TPSA) is 372 Å². The molecule has 25 heteroatoms. The summed E-state index contributed by atoms with van der Waals surface area (Å²) in [4.78, 5) is 152. The van der Waals surface area contributed by atoms with Gasteiger partial charge in [-0.2, -0.15) is 0 Å². The van der Waals surface area contributed by atoms with Crippen molar-refractivity contribution in [3.8, 4) is 0 Å². The lowest BCUT2D eigenvalue weighted by molar-refractivity contribution is -0.149. The van der Waals surface area contributed by atoms with Crippen molar-refractivity contribution in [1.29, 1.82) is 0 Å². The molecule has 0 aliphatic carbocycles. The van der Waals surface area contributed by atoms with E-state index >= 15 is 0 Å². The van der Waals surface area contributed by atoms with Crippen LogP contribution in [0.25, 0.3) is 0 Å². The van der Waals surface area contributed by atoms with E-state index in [0.717, 1.165) is 37.7 Å². The highest BCUT2D eigenvalue weighted by molar-refractivity contribution is 5.98. The average molecular weight is 1240 g/mol. The molecule has 10 amide bonds. The molecule has 0 spiro atoms. The molecule has 25 nitrogen and oxygen atoms in total. The number of hydrogen-bond donors (Lipinski definition) is 10. The second-order valence-corrected chi connectivity index (χ2v) is 25.7. The average Bonchev–Trinajstić information content (AvgIpc) is 2.61. The first-order chi connectivity index (χ1) is 41.5. The number of likely N-dealkylation sites (tertiary alicyclic amines) is 2. The molecular weight excluding hydrogens is 1130 g/mol. The summed E-state index contributed by atoms with van der Waals surface area (Å²) in [5, 5.41) is 17.0. The molecule has 1 aromatic carbocycles. The molecule has 2 saturated heterocycles. The number of unbranched alkanes of at least 4 members (excludes halogenated alkanes) is 4. The van der Waals surface area contributed by atoms with E-state index in [1.807, 2.05) is 65.0 Å². The smallest absolute Gasteiger partial charge is 0.245 e. The number of amides is 10. The number of hydrogen-bond acceptors (Lipinski definition) is 13. The first kappa shape index (κ1) is 75.4. The standard InChI is InChI=1S/C63H109N15O10/c1-13-15-16-17-21-28-51(79)77-30-23-26-43(35-77)55(81)70-46(33-42-24-19-18-20-25-42)57(83)72-48(37-75(10)11)58(84)71-47(31-38(3)4)61(87)78-36-44(64)34-50(78)62(88)76(12)49(32-39(5)6)59(85)73-52(40(7)8)60(86)69-45(27-22-29-68-63(66)67)56(82)74-53(54(65)80)41(9)14-2/h18-20,24-25,38-41,43-50,52-53H,13-17,21-23,26-37,64H2,1-12H3,(H2,65,80)(H,69,86)(H,70,81)(H,71,84)(H,72,83)(H,73,85)(H,74,82)(H4,66,67,68)/t41-,43-,44+,45-,46-,47-,48+,49-,50-,52-,53-/m0/s1. The second-order valence-electron chi connectivity index (χ2n) is 25.7. The van der Waals surface area contributed by atoms with Gasteiger partial charge in [0.25, 0.3) is 0 Å². The number of likely N-dealkylation sites (N-methyl/N-ethyl adjacent to an activating group) is 2. The summed E-state index contributed by atoms with van der Waals surface area (Å²) in [6.45, 7) is 17.6. The number of carbonyl (C=O) groups is 10. The number of benzene rings is 1. The van der Waals surface area contributed by atoms with E-state index in [1.54, 1.807) is 44.7 Å². The van der Waals surface area contributed by atoms with Gasteiger partial charge in [0.1, 0.15) is 48.3 Å². The third kappa shape index (κ3) is 24.9. The van der Waals surface area contributed by atoms with Gasteiger partial charge in [-0.15, -0.1) is 0 Å². The Kier molecular flexibility index (Phi) is 32.4. The van der Waals surface area contributed by atoms with E-state index < -0.39 is 113 Å². The molecule has 0 bridgehead atoms. The largest absolute Gasteiger partial charge is 0.370 e. The van der Waals surface area contributed by atoms with Crippen molar-refractivity contribution in [1.82, 2.24) is 51.5 Å². The van der Waals surface area contributed by atoms with Crippen LogP contribution in [0.3, 0.4) is 0 Å². The SMILES string of the molecule is CCCCCCCC(=O)N1CCC[C@H](C(=O)N[C@@H](Cc2ccccc2)C(=O)N[C@H](CN(C)C)C(=O)N[C@@H](CC(C)C)C(=O)N2C[C@H](N)C[C@H]2C(=O)N(C)[C@@H](CC(C)C)C(=O)N[C@H](C(=O)N[C@@H](CCCN=C(N)N)C(=O)N[C@H](C(N)=O)[C@@H](C)CC)C(C)C)C1. The van der Waals surface area contributed by atoms with E-state index in [2.05, 4.69) is 43.8 Å². The highest BCUT2D eigenvalue weighted by Gasteiger charge is 2.45. The van der Waals surface area contributed by atoms with Crippen LogP contribution in [0.15, 0.2) is 35.3 Å². The number of nitrogens with two attached hydrogens (primary N) is 4. The van der Waals surface area contributed by atoms with Gasteiger partial charge in [0.05, 0.1) is 5.92 Å². The molecule has 11 atom stereocenters. The molecule has 0 radical (unpaired) electrons. The molecule has 88 heavy (non-hydrogen) atoms. The Labute approximate surface area is 522 Å². The van der Waals surface area contributed by atoms with Crippen molar-refractivity contribution < 1.29 is 47.9 Å². The first-order valence-corrected chi connectivity index (χ1v) is 32.0. The van der Waals surface area contributed by atoms with Gasteiger partial charge < -0.3 is 74.4 Å².